The van der Waals surface area contributed by atoms with Crippen LogP contribution >= 0.6 is 11.8 Å². The van der Waals surface area contributed by atoms with Gasteiger partial charge in [0.15, 0.2) is 5.17 Å². The standard InChI is InChI=1S/C18H29N3S/c1-3-20(4-2)15-16-22-18(21-13-9-6-10-14-21)19-17-11-7-5-8-12-17/h5,7-8,11-12H,3-4,6,9-10,13-16H2,1-2H3. The van der Waals surface area contributed by atoms with Crippen molar-refractivity contribution in [1.82, 2.24) is 9.80 Å². The van der Waals surface area contributed by atoms with Gasteiger partial charge >= 0.3 is 0 Å². The second-order valence-corrected chi connectivity index (χ2v) is 6.72. The molecule has 0 aliphatic carbocycles. The molecule has 1 aromatic carbocycles. The van der Waals surface area contributed by atoms with E-state index in [1.165, 1.54) is 24.4 Å². The highest BCUT2D eigenvalue weighted by Gasteiger charge is 2.15. The monoisotopic (exact) mass is 319 g/mol. The zero-order valence-electron chi connectivity index (χ0n) is 14.0. The predicted octanol–water partition coefficient (Wildman–Crippen LogP) is 4.24. The Morgan fingerprint density at radius 1 is 1.09 bits per heavy atom. The van der Waals surface area contributed by atoms with Crippen LogP contribution < -0.4 is 0 Å². The molecule has 1 aliphatic heterocycles. The van der Waals surface area contributed by atoms with Crippen molar-refractivity contribution in [3.05, 3.63) is 30.3 Å². The van der Waals surface area contributed by atoms with Gasteiger partial charge in [-0.3, -0.25) is 0 Å². The smallest absolute Gasteiger partial charge is 0.164 e. The minimum Gasteiger partial charge on any atom is -0.351 e. The van der Waals surface area contributed by atoms with Gasteiger partial charge in [-0.25, -0.2) is 4.99 Å². The van der Waals surface area contributed by atoms with Crippen LogP contribution in [0.25, 0.3) is 0 Å². The SMILES string of the molecule is CCN(CC)CCSC(=Nc1ccccc1)N1CCCCC1. The van der Waals surface area contributed by atoms with Crippen molar-refractivity contribution in [3.63, 3.8) is 0 Å². The van der Waals surface area contributed by atoms with Crippen molar-refractivity contribution < 1.29 is 0 Å². The van der Waals surface area contributed by atoms with E-state index < -0.39 is 0 Å². The molecule has 0 N–H and O–H groups in total. The molecule has 4 heteroatoms. The zero-order valence-corrected chi connectivity index (χ0v) is 14.8. The van der Waals surface area contributed by atoms with Gasteiger partial charge in [-0.1, -0.05) is 43.8 Å². The molecule has 1 heterocycles. The average molecular weight is 320 g/mol. The average Bonchev–Trinajstić information content (AvgIpc) is 2.59. The van der Waals surface area contributed by atoms with Gasteiger partial charge in [0.1, 0.15) is 0 Å². The summed E-state index contributed by atoms with van der Waals surface area (Å²) >= 11 is 1.92. The third-order valence-corrected chi connectivity index (χ3v) is 5.14. The molecule has 3 nitrogen and oxygen atoms in total. The number of piperidine rings is 1. The van der Waals surface area contributed by atoms with E-state index in [1.54, 1.807) is 0 Å². The normalized spacial score (nSPS) is 16.3. The first kappa shape index (κ1) is 17.4. The van der Waals surface area contributed by atoms with Crippen LogP contribution in [0.4, 0.5) is 5.69 Å². The molecule has 2 rings (SSSR count). The van der Waals surface area contributed by atoms with Gasteiger partial charge < -0.3 is 9.80 Å². The lowest BCUT2D eigenvalue weighted by molar-refractivity contribution is 0.323. The molecule has 0 atom stereocenters. The molecule has 122 valence electrons. The van der Waals surface area contributed by atoms with Gasteiger partial charge in [-0.05, 0) is 44.5 Å². The summed E-state index contributed by atoms with van der Waals surface area (Å²) in [5.41, 5.74) is 1.07. The van der Waals surface area contributed by atoms with Crippen LogP contribution in [-0.4, -0.2) is 53.4 Å². The van der Waals surface area contributed by atoms with Crippen molar-refractivity contribution in [2.75, 3.05) is 38.5 Å². The van der Waals surface area contributed by atoms with Crippen LogP contribution in [0.15, 0.2) is 35.3 Å². The Kier molecular flexibility index (Phi) is 7.81. The van der Waals surface area contributed by atoms with Crippen LogP contribution in [-0.2, 0) is 0 Å². The minimum atomic E-state index is 1.07. The highest BCUT2D eigenvalue weighted by molar-refractivity contribution is 8.13. The van der Waals surface area contributed by atoms with Gasteiger partial charge in [0, 0.05) is 25.4 Å². The summed E-state index contributed by atoms with van der Waals surface area (Å²) in [5, 5.41) is 1.21. The fraction of sp³-hybridized carbons (Fsp3) is 0.611. The lowest BCUT2D eigenvalue weighted by Crippen LogP contribution is -2.35. The number of rotatable bonds is 6. The van der Waals surface area contributed by atoms with E-state index in [4.69, 9.17) is 4.99 Å². The number of benzene rings is 1. The summed E-state index contributed by atoms with van der Waals surface area (Å²) in [7, 11) is 0. The van der Waals surface area contributed by atoms with Crippen LogP contribution in [0.2, 0.25) is 0 Å². The number of hydrogen-bond acceptors (Lipinski definition) is 3. The predicted molar refractivity (Wildman–Crippen MR) is 99.2 cm³/mol. The fourth-order valence-electron chi connectivity index (χ4n) is 2.70. The third-order valence-electron chi connectivity index (χ3n) is 4.14. The number of aliphatic imine (C=N–C) groups is 1. The summed E-state index contributed by atoms with van der Waals surface area (Å²) in [6, 6.07) is 10.4. The number of likely N-dealkylation sites (tertiary alicyclic amines) is 1. The molecule has 0 spiro atoms. The molecule has 0 radical (unpaired) electrons. The van der Waals surface area contributed by atoms with Crippen molar-refractivity contribution >= 4 is 22.6 Å². The Hall–Kier alpha value is -1.00. The molecule has 0 unspecified atom stereocenters. The lowest BCUT2D eigenvalue weighted by Gasteiger charge is -2.29. The quantitative estimate of drug-likeness (QED) is 0.577. The van der Waals surface area contributed by atoms with Crippen molar-refractivity contribution in [3.8, 4) is 0 Å². The van der Waals surface area contributed by atoms with Gasteiger partial charge in [-0.15, -0.1) is 0 Å². The van der Waals surface area contributed by atoms with Crippen LogP contribution in [0.5, 0.6) is 0 Å². The molecule has 22 heavy (non-hydrogen) atoms. The van der Waals surface area contributed by atoms with E-state index in [2.05, 4.69) is 47.9 Å². The number of thioether (sulfide) groups is 1. The van der Waals surface area contributed by atoms with Crippen molar-refractivity contribution in [2.45, 2.75) is 33.1 Å². The molecule has 0 aromatic heterocycles. The van der Waals surface area contributed by atoms with Crippen LogP contribution in [0.1, 0.15) is 33.1 Å². The first-order valence-electron chi connectivity index (χ1n) is 8.57. The van der Waals surface area contributed by atoms with E-state index in [0.717, 1.165) is 44.2 Å². The molecule has 1 aliphatic rings. The third kappa shape index (κ3) is 5.65. The van der Waals surface area contributed by atoms with Crippen LogP contribution in [0, 0.1) is 0 Å². The van der Waals surface area contributed by atoms with E-state index in [1.807, 2.05) is 17.8 Å². The van der Waals surface area contributed by atoms with Gasteiger partial charge in [0.2, 0.25) is 0 Å². The zero-order chi connectivity index (χ0) is 15.6. The number of nitrogens with zero attached hydrogens (tertiary/aromatic N) is 3. The molecular formula is C18H29N3S. The molecule has 0 saturated carbocycles. The summed E-state index contributed by atoms with van der Waals surface area (Å²) in [6.07, 6.45) is 3.95. The highest BCUT2D eigenvalue weighted by Crippen LogP contribution is 2.20. The summed E-state index contributed by atoms with van der Waals surface area (Å²) in [6.45, 7) is 10.2. The Balaban J connectivity index is 2.00. The van der Waals surface area contributed by atoms with Crippen molar-refractivity contribution in [2.24, 2.45) is 4.99 Å². The van der Waals surface area contributed by atoms with Gasteiger partial charge in [0.05, 0.1) is 5.69 Å². The van der Waals surface area contributed by atoms with E-state index in [-0.39, 0.29) is 0 Å². The molecule has 1 saturated heterocycles. The minimum absolute atomic E-state index is 1.07. The molecule has 0 amide bonds. The lowest BCUT2D eigenvalue weighted by atomic mass is 10.1. The summed E-state index contributed by atoms with van der Waals surface area (Å²) in [5.74, 6) is 1.11. The first-order chi connectivity index (χ1) is 10.8. The second kappa shape index (κ2) is 9.90. The topological polar surface area (TPSA) is 18.8 Å². The Morgan fingerprint density at radius 3 is 2.41 bits per heavy atom. The number of hydrogen-bond donors (Lipinski definition) is 0. The first-order valence-corrected chi connectivity index (χ1v) is 9.56. The molecule has 1 aromatic rings. The van der Waals surface area contributed by atoms with E-state index in [9.17, 15) is 0 Å². The molecule has 1 fully saturated rings. The Morgan fingerprint density at radius 2 is 1.77 bits per heavy atom. The van der Waals surface area contributed by atoms with Crippen LogP contribution in [0.3, 0.4) is 0 Å². The Labute approximate surface area is 139 Å². The largest absolute Gasteiger partial charge is 0.351 e. The summed E-state index contributed by atoms with van der Waals surface area (Å²) < 4.78 is 0. The number of para-hydroxylation sites is 1. The number of amidine groups is 1. The maximum absolute atomic E-state index is 4.92. The second-order valence-electron chi connectivity index (χ2n) is 5.65. The maximum Gasteiger partial charge on any atom is 0.164 e. The molecule has 0 bridgehead atoms. The molecular weight excluding hydrogens is 290 g/mol. The maximum atomic E-state index is 4.92. The highest BCUT2D eigenvalue weighted by atomic mass is 32.2. The van der Waals surface area contributed by atoms with Gasteiger partial charge in [0.25, 0.3) is 0 Å². The Bertz CT molecular complexity index is 437. The fourth-order valence-corrected chi connectivity index (χ4v) is 3.77. The summed E-state index contributed by atoms with van der Waals surface area (Å²) in [4.78, 5) is 9.87. The van der Waals surface area contributed by atoms with Crippen molar-refractivity contribution in [1.29, 1.82) is 0 Å². The van der Waals surface area contributed by atoms with E-state index in [0.29, 0.717) is 0 Å². The van der Waals surface area contributed by atoms with E-state index >= 15 is 0 Å². The van der Waals surface area contributed by atoms with Gasteiger partial charge in [-0.2, -0.15) is 0 Å².